The van der Waals surface area contributed by atoms with Crippen molar-refractivity contribution >= 4 is 11.9 Å². The summed E-state index contributed by atoms with van der Waals surface area (Å²) in [6.07, 6.45) is 0.810. The topological polar surface area (TPSA) is 79.9 Å². The quantitative estimate of drug-likeness (QED) is 0.911. The van der Waals surface area contributed by atoms with Gasteiger partial charge in [-0.1, -0.05) is 30.3 Å². The molecular formula is C13H12N4O2. The number of hydrogen-bond donors (Lipinski definition) is 1. The summed E-state index contributed by atoms with van der Waals surface area (Å²) in [5.74, 6) is 0.197. The minimum Gasteiger partial charge on any atom is -0.444 e. The van der Waals surface area contributed by atoms with Gasteiger partial charge in [0.15, 0.2) is 11.5 Å². The summed E-state index contributed by atoms with van der Waals surface area (Å²) in [4.78, 5) is 15.5. The van der Waals surface area contributed by atoms with Crippen LogP contribution in [0.15, 0.2) is 36.7 Å². The van der Waals surface area contributed by atoms with E-state index in [0.29, 0.717) is 0 Å². The first-order valence-electron chi connectivity index (χ1n) is 5.60. The minimum absolute atomic E-state index is 0.168. The number of nitrogens with zero attached hydrogens (tertiary/aromatic N) is 3. The van der Waals surface area contributed by atoms with Crippen molar-refractivity contribution in [2.45, 2.75) is 6.61 Å². The predicted octanol–water partition coefficient (Wildman–Crippen LogP) is 2.04. The van der Waals surface area contributed by atoms with E-state index >= 15 is 0 Å². The van der Waals surface area contributed by atoms with E-state index in [1.165, 1.54) is 10.9 Å². The van der Waals surface area contributed by atoms with E-state index < -0.39 is 6.09 Å². The minimum atomic E-state index is -0.640. The largest absolute Gasteiger partial charge is 0.444 e. The second-order valence-corrected chi connectivity index (χ2v) is 3.85. The fraction of sp³-hybridized carbons (Fsp3) is 0.154. The lowest BCUT2D eigenvalue weighted by Gasteiger charge is -2.05. The van der Waals surface area contributed by atoms with Crippen LogP contribution in [-0.2, 0) is 18.4 Å². The second kappa shape index (κ2) is 5.69. The molecule has 1 heterocycles. The lowest BCUT2D eigenvalue weighted by Crippen LogP contribution is -2.14. The number of aromatic nitrogens is 2. The van der Waals surface area contributed by atoms with Crippen molar-refractivity contribution in [3.05, 3.63) is 47.9 Å². The molecule has 96 valence electrons. The summed E-state index contributed by atoms with van der Waals surface area (Å²) in [5, 5.41) is 11.3. The maximum atomic E-state index is 11.6. The van der Waals surface area contributed by atoms with Crippen LogP contribution in [0, 0.1) is 11.3 Å². The molecular weight excluding hydrogens is 244 g/mol. The third-order valence-corrected chi connectivity index (χ3v) is 2.48. The molecule has 1 N–H and O–H groups in total. The summed E-state index contributed by atoms with van der Waals surface area (Å²) in [5.41, 5.74) is 1.16. The van der Waals surface area contributed by atoms with Crippen molar-refractivity contribution < 1.29 is 9.53 Å². The van der Waals surface area contributed by atoms with Crippen LogP contribution in [0.5, 0.6) is 0 Å². The molecule has 0 aliphatic heterocycles. The van der Waals surface area contributed by atoms with E-state index in [1.807, 2.05) is 36.4 Å². The van der Waals surface area contributed by atoms with Gasteiger partial charge in [-0.05, 0) is 5.56 Å². The van der Waals surface area contributed by atoms with Crippen LogP contribution in [0.2, 0.25) is 0 Å². The molecule has 2 rings (SSSR count). The van der Waals surface area contributed by atoms with Crippen molar-refractivity contribution in [3.8, 4) is 6.07 Å². The van der Waals surface area contributed by atoms with Crippen LogP contribution >= 0.6 is 0 Å². The van der Waals surface area contributed by atoms with Crippen molar-refractivity contribution in [1.82, 2.24) is 9.55 Å². The standard InChI is InChI=1S/C13H12N4O2/c1-17-9-15-12(11(17)7-14)16-13(18)19-8-10-5-3-2-4-6-10/h2-6,9H,8H2,1H3,(H,16,18). The summed E-state index contributed by atoms with van der Waals surface area (Å²) >= 11 is 0. The Morgan fingerprint density at radius 3 is 2.89 bits per heavy atom. The number of rotatable bonds is 3. The maximum Gasteiger partial charge on any atom is 0.413 e. The van der Waals surface area contributed by atoms with Crippen molar-refractivity contribution in [3.63, 3.8) is 0 Å². The molecule has 19 heavy (non-hydrogen) atoms. The highest BCUT2D eigenvalue weighted by atomic mass is 16.5. The number of carbonyl (C=O) groups excluding carboxylic acids is 1. The number of imidazole rings is 1. The zero-order valence-corrected chi connectivity index (χ0v) is 10.3. The normalized spacial score (nSPS) is 9.68. The van der Waals surface area contributed by atoms with E-state index in [4.69, 9.17) is 10.00 Å². The smallest absolute Gasteiger partial charge is 0.413 e. The molecule has 1 aromatic heterocycles. The molecule has 6 nitrogen and oxygen atoms in total. The Bertz CT molecular complexity index is 613. The fourth-order valence-electron chi connectivity index (χ4n) is 1.51. The number of benzene rings is 1. The van der Waals surface area contributed by atoms with Crippen LogP contribution < -0.4 is 5.32 Å². The molecule has 0 saturated carbocycles. The average molecular weight is 256 g/mol. The second-order valence-electron chi connectivity index (χ2n) is 3.85. The Balaban J connectivity index is 1.93. The Morgan fingerprint density at radius 2 is 2.21 bits per heavy atom. The Labute approximate surface area is 110 Å². The van der Waals surface area contributed by atoms with Gasteiger partial charge in [-0.3, -0.25) is 5.32 Å². The van der Waals surface area contributed by atoms with Gasteiger partial charge in [0.05, 0.1) is 6.33 Å². The number of aryl methyl sites for hydroxylation is 1. The number of ether oxygens (including phenoxy) is 1. The predicted molar refractivity (Wildman–Crippen MR) is 68.2 cm³/mol. The van der Waals surface area contributed by atoms with Gasteiger partial charge in [0.1, 0.15) is 12.7 Å². The fourth-order valence-corrected chi connectivity index (χ4v) is 1.51. The highest BCUT2D eigenvalue weighted by Crippen LogP contribution is 2.11. The molecule has 0 unspecified atom stereocenters. The summed E-state index contributed by atoms with van der Waals surface area (Å²) in [6, 6.07) is 11.3. The number of nitriles is 1. The van der Waals surface area contributed by atoms with Gasteiger partial charge in [-0.25, -0.2) is 9.78 Å². The molecule has 1 aromatic carbocycles. The van der Waals surface area contributed by atoms with Crippen LogP contribution in [0.3, 0.4) is 0 Å². The monoisotopic (exact) mass is 256 g/mol. The third kappa shape index (κ3) is 3.10. The Morgan fingerprint density at radius 1 is 1.47 bits per heavy atom. The molecule has 6 heteroatoms. The van der Waals surface area contributed by atoms with E-state index in [2.05, 4.69) is 10.3 Å². The van der Waals surface area contributed by atoms with Crippen LogP contribution in [0.4, 0.5) is 10.6 Å². The zero-order valence-electron chi connectivity index (χ0n) is 10.3. The van der Waals surface area contributed by atoms with E-state index in [9.17, 15) is 4.79 Å². The number of amides is 1. The number of anilines is 1. The van der Waals surface area contributed by atoms with Gasteiger partial charge in [-0.2, -0.15) is 5.26 Å². The Kier molecular flexibility index (Phi) is 3.78. The van der Waals surface area contributed by atoms with E-state index in [0.717, 1.165) is 5.56 Å². The average Bonchev–Trinajstić information content (AvgIpc) is 2.78. The van der Waals surface area contributed by atoms with Crippen molar-refractivity contribution in [2.24, 2.45) is 7.05 Å². The van der Waals surface area contributed by atoms with Crippen molar-refractivity contribution in [2.75, 3.05) is 5.32 Å². The first kappa shape index (κ1) is 12.6. The molecule has 0 radical (unpaired) electrons. The molecule has 2 aromatic rings. The SMILES string of the molecule is Cn1cnc(NC(=O)OCc2ccccc2)c1C#N. The van der Waals surface area contributed by atoms with Crippen LogP contribution in [-0.4, -0.2) is 15.6 Å². The highest BCUT2D eigenvalue weighted by Gasteiger charge is 2.12. The first-order valence-corrected chi connectivity index (χ1v) is 5.60. The molecule has 0 fully saturated rings. The third-order valence-electron chi connectivity index (χ3n) is 2.48. The van der Waals surface area contributed by atoms with Gasteiger partial charge in [0.2, 0.25) is 0 Å². The summed E-state index contributed by atoms with van der Waals surface area (Å²) in [7, 11) is 1.67. The maximum absolute atomic E-state index is 11.6. The van der Waals surface area contributed by atoms with Gasteiger partial charge in [-0.15, -0.1) is 0 Å². The molecule has 0 aliphatic carbocycles. The van der Waals surface area contributed by atoms with Gasteiger partial charge in [0.25, 0.3) is 0 Å². The molecule has 0 aliphatic rings. The zero-order chi connectivity index (χ0) is 13.7. The molecule has 1 amide bonds. The summed E-state index contributed by atoms with van der Waals surface area (Å²) < 4.78 is 6.55. The van der Waals surface area contributed by atoms with E-state index in [-0.39, 0.29) is 18.1 Å². The molecule has 0 saturated heterocycles. The van der Waals surface area contributed by atoms with Crippen LogP contribution in [0.1, 0.15) is 11.3 Å². The van der Waals surface area contributed by atoms with Crippen molar-refractivity contribution in [1.29, 1.82) is 5.26 Å². The lowest BCUT2D eigenvalue weighted by atomic mass is 10.2. The number of hydrogen-bond acceptors (Lipinski definition) is 4. The molecule has 0 atom stereocenters. The first-order chi connectivity index (χ1) is 9.20. The van der Waals surface area contributed by atoms with Gasteiger partial charge >= 0.3 is 6.09 Å². The highest BCUT2D eigenvalue weighted by molar-refractivity contribution is 5.84. The van der Waals surface area contributed by atoms with Gasteiger partial charge < -0.3 is 9.30 Å². The van der Waals surface area contributed by atoms with Crippen LogP contribution in [0.25, 0.3) is 0 Å². The molecule has 0 spiro atoms. The lowest BCUT2D eigenvalue weighted by molar-refractivity contribution is 0.155. The Hall–Kier alpha value is -2.81. The molecule has 0 bridgehead atoms. The summed E-state index contributed by atoms with van der Waals surface area (Å²) in [6.45, 7) is 0.168. The van der Waals surface area contributed by atoms with E-state index in [1.54, 1.807) is 7.05 Å². The number of carbonyl (C=O) groups is 1. The number of nitrogens with one attached hydrogen (secondary N) is 1. The van der Waals surface area contributed by atoms with Gasteiger partial charge in [0, 0.05) is 7.05 Å².